The summed E-state index contributed by atoms with van der Waals surface area (Å²) in [6.45, 7) is 2.36. The highest BCUT2D eigenvalue weighted by molar-refractivity contribution is 5.95. The number of aromatic nitrogens is 1. The maximum atomic E-state index is 12.7. The molecule has 3 heterocycles. The second-order valence-electron chi connectivity index (χ2n) is 7.12. The molecule has 0 aliphatic carbocycles. The minimum atomic E-state index is 0.0250. The number of nitrogens with one attached hydrogen (secondary N) is 1. The summed E-state index contributed by atoms with van der Waals surface area (Å²) >= 11 is 0. The van der Waals surface area contributed by atoms with Gasteiger partial charge in [-0.25, -0.2) is 0 Å². The monoisotopic (exact) mass is 351 g/mol. The van der Waals surface area contributed by atoms with Gasteiger partial charge in [0.15, 0.2) is 0 Å². The zero-order valence-corrected chi connectivity index (χ0v) is 15.1. The Bertz CT molecular complexity index is 775. The molecule has 1 N–H and O–H groups in total. The van der Waals surface area contributed by atoms with E-state index < -0.39 is 0 Å². The van der Waals surface area contributed by atoms with Crippen LogP contribution in [0.3, 0.4) is 0 Å². The fourth-order valence-corrected chi connectivity index (χ4v) is 4.29. The van der Waals surface area contributed by atoms with Gasteiger partial charge in [0.25, 0.3) is 5.91 Å². The molecule has 0 bridgehead atoms. The van der Waals surface area contributed by atoms with Crippen LogP contribution in [0.2, 0.25) is 0 Å². The van der Waals surface area contributed by atoms with Crippen LogP contribution in [0.4, 0.5) is 0 Å². The lowest BCUT2D eigenvalue weighted by molar-refractivity contribution is 0.0868. The molecule has 0 saturated carbocycles. The summed E-state index contributed by atoms with van der Waals surface area (Å²) in [5.74, 6) is 0.755. The molecule has 1 aromatic heterocycles. The van der Waals surface area contributed by atoms with E-state index in [2.05, 4.69) is 15.2 Å². The molecule has 2 aliphatic heterocycles. The van der Waals surface area contributed by atoms with Gasteiger partial charge in [0.1, 0.15) is 5.75 Å². The van der Waals surface area contributed by atoms with Crippen LogP contribution in [0.1, 0.15) is 36.0 Å². The van der Waals surface area contributed by atoms with Crippen LogP contribution in [0.25, 0.3) is 11.1 Å². The SMILES string of the molecule is COc1cnccc1-c1ccc(C(=O)N[C@H]2CCCN3CCC[C@@H]23)cc1. The molecule has 0 spiro atoms. The molecule has 2 aliphatic rings. The number of nitrogens with zero attached hydrogens (tertiary/aromatic N) is 2. The Kier molecular flexibility index (Phi) is 4.89. The van der Waals surface area contributed by atoms with E-state index in [0.29, 0.717) is 11.6 Å². The van der Waals surface area contributed by atoms with E-state index >= 15 is 0 Å². The molecule has 26 heavy (non-hydrogen) atoms. The zero-order valence-electron chi connectivity index (χ0n) is 15.1. The van der Waals surface area contributed by atoms with E-state index in [1.807, 2.05) is 30.3 Å². The van der Waals surface area contributed by atoms with Gasteiger partial charge in [0.2, 0.25) is 0 Å². The lowest BCUT2D eigenvalue weighted by Crippen LogP contribution is -2.52. The molecule has 1 aromatic carbocycles. The van der Waals surface area contributed by atoms with E-state index in [1.54, 1.807) is 19.5 Å². The van der Waals surface area contributed by atoms with Gasteiger partial charge in [-0.1, -0.05) is 12.1 Å². The smallest absolute Gasteiger partial charge is 0.251 e. The fourth-order valence-electron chi connectivity index (χ4n) is 4.29. The van der Waals surface area contributed by atoms with E-state index in [4.69, 9.17) is 4.74 Å². The van der Waals surface area contributed by atoms with Gasteiger partial charge in [-0.05, 0) is 62.5 Å². The Morgan fingerprint density at radius 1 is 1.15 bits per heavy atom. The third kappa shape index (κ3) is 3.31. The standard InChI is InChI=1S/C21H25N3O2/c1-26-20-14-22-11-10-17(20)15-6-8-16(9-7-15)21(25)23-18-4-2-12-24-13-3-5-19(18)24/h6-11,14,18-19H,2-5,12-13H2,1H3,(H,23,25)/t18-,19-/m0/s1. The number of benzene rings is 1. The molecule has 2 aromatic rings. The van der Waals surface area contributed by atoms with Crippen LogP contribution in [0, 0.1) is 0 Å². The maximum absolute atomic E-state index is 12.7. The van der Waals surface area contributed by atoms with Crippen molar-refractivity contribution in [2.45, 2.75) is 37.8 Å². The normalized spacial score (nSPS) is 22.7. The third-order valence-corrected chi connectivity index (χ3v) is 5.62. The molecule has 0 radical (unpaired) electrons. The molecule has 2 fully saturated rings. The molecular formula is C21H25N3O2. The number of fused-ring (bicyclic) bond motifs is 1. The number of carbonyl (C=O) groups excluding carboxylic acids is 1. The van der Waals surface area contributed by atoms with Gasteiger partial charge in [-0.2, -0.15) is 0 Å². The van der Waals surface area contributed by atoms with E-state index in [0.717, 1.165) is 23.3 Å². The predicted octanol–water partition coefficient (Wildman–Crippen LogP) is 3.11. The number of hydrogen-bond donors (Lipinski definition) is 1. The fraction of sp³-hybridized carbons (Fsp3) is 0.429. The topological polar surface area (TPSA) is 54.5 Å². The van der Waals surface area contributed by atoms with Crippen LogP contribution >= 0.6 is 0 Å². The predicted molar refractivity (Wildman–Crippen MR) is 101 cm³/mol. The Balaban J connectivity index is 1.47. The number of rotatable bonds is 4. The first-order valence-electron chi connectivity index (χ1n) is 9.39. The molecule has 2 atom stereocenters. The number of piperidine rings is 1. The molecule has 5 heteroatoms. The molecule has 0 unspecified atom stereocenters. The van der Waals surface area contributed by atoms with Crippen molar-refractivity contribution in [3.63, 3.8) is 0 Å². The second kappa shape index (κ2) is 7.46. The molecule has 1 amide bonds. The highest BCUT2D eigenvalue weighted by atomic mass is 16.5. The largest absolute Gasteiger partial charge is 0.494 e. The quantitative estimate of drug-likeness (QED) is 0.920. The van der Waals surface area contributed by atoms with Crippen molar-refractivity contribution in [2.75, 3.05) is 20.2 Å². The number of pyridine rings is 1. The van der Waals surface area contributed by atoms with Crippen molar-refractivity contribution in [2.24, 2.45) is 0 Å². The van der Waals surface area contributed by atoms with E-state index in [-0.39, 0.29) is 11.9 Å². The van der Waals surface area contributed by atoms with Gasteiger partial charge in [0.05, 0.1) is 13.3 Å². The first-order valence-corrected chi connectivity index (χ1v) is 9.39. The molecular weight excluding hydrogens is 326 g/mol. The molecule has 5 nitrogen and oxygen atoms in total. The summed E-state index contributed by atoms with van der Waals surface area (Å²) in [6.07, 6.45) is 8.15. The Labute approximate surface area is 154 Å². The molecule has 2 saturated heterocycles. The van der Waals surface area contributed by atoms with Crippen molar-refractivity contribution < 1.29 is 9.53 Å². The summed E-state index contributed by atoms with van der Waals surface area (Å²) in [5.41, 5.74) is 2.70. The number of amides is 1. The second-order valence-corrected chi connectivity index (χ2v) is 7.12. The first-order chi connectivity index (χ1) is 12.8. The summed E-state index contributed by atoms with van der Waals surface area (Å²) in [5, 5.41) is 3.27. The van der Waals surface area contributed by atoms with Crippen molar-refractivity contribution in [3.8, 4) is 16.9 Å². The van der Waals surface area contributed by atoms with Crippen LogP contribution in [0.5, 0.6) is 5.75 Å². The number of carbonyl (C=O) groups is 1. The van der Waals surface area contributed by atoms with Crippen LogP contribution < -0.4 is 10.1 Å². The Morgan fingerprint density at radius 3 is 2.69 bits per heavy atom. The summed E-state index contributed by atoms with van der Waals surface area (Å²) in [7, 11) is 1.64. The van der Waals surface area contributed by atoms with Crippen LogP contribution in [-0.2, 0) is 0 Å². The highest BCUT2D eigenvalue weighted by Gasteiger charge is 2.35. The summed E-state index contributed by atoms with van der Waals surface area (Å²) in [6, 6.07) is 10.4. The molecule has 4 rings (SSSR count). The van der Waals surface area contributed by atoms with E-state index in [1.165, 1.54) is 32.4 Å². The number of hydrogen-bond acceptors (Lipinski definition) is 4. The van der Waals surface area contributed by atoms with Crippen LogP contribution in [-0.4, -0.2) is 48.1 Å². The zero-order chi connectivity index (χ0) is 17.9. The number of ether oxygens (including phenoxy) is 1. The van der Waals surface area contributed by atoms with Crippen molar-refractivity contribution in [3.05, 3.63) is 48.3 Å². The van der Waals surface area contributed by atoms with Gasteiger partial charge in [-0.15, -0.1) is 0 Å². The van der Waals surface area contributed by atoms with Crippen molar-refractivity contribution in [1.29, 1.82) is 0 Å². The van der Waals surface area contributed by atoms with Crippen molar-refractivity contribution >= 4 is 5.91 Å². The lowest BCUT2D eigenvalue weighted by atomic mass is 9.96. The maximum Gasteiger partial charge on any atom is 0.251 e. The highest BCUT2D eigenvalue weighted by Crippen LogP contribution is 2.29. The Morgan fingerprint density at radius 2 is 1.92 bits per heavy atom. The summed E-state index contributed by atoms with van der Waals surface area (Å²) < 4.78 is 5.37. The van der Waals surface area contributed by atoms with Crippen molar-refractivity contribution in [1.82, 2.24) is 15.2 Å². The van der Waals surface area contributed by atoms with Gasteiger partial charge in [-0.3, -0.25) is 14.7 Å². The lowest BCUT2D eigenvalue weighted by Gasteiger charge is -2.37. The third-order valence-electron chi connectivity index (χ3n) is 5.62. The minimum absolute atomic E-state index is 0.0250. The number of methoxy groups -OCH3 is 1. The average Bonchev–Trinajstić information content (AvgIpc) is 3.18. The van der Waals surface area contributed by atoms with Gasteiger partial charge < -0.3 is 10.1 Å². The molecule has 136 valence electrons. The average molecular weight is 351 g/mol. The minimum Gasteiger partial charge on any atom is -0.494 e. The van der Waals surface area contributed by atoms with Gasteiger partial charge in [0, 0.05) is 29.4 Å². The van der Waals surface area contributed by atoms with E-state index in [9.17, 15) is 4.79 Å². The first kappa shape index (κ1) is 17.0. The van der Waals surface area contributed by atoms with Crippen LogP contribution in [0.15, 0.2) is 42.7 Å². The van der Waals surface area contributed by atoms with Gasteiger partial charge >= 0.3 is 0 Å². The Hall–Kier alpha value is -2.40. The summed E-state index contributed by atoms with van der Waals surface area (Å²) in [4.78, 5) is 19.3.